The van der Waals surface area contributed by atoms with Crippen LogP contribution in [0.15, 0.2) is 48.5 Å². The molecule has 36 heavy (non-hydrogen) atoms. The summed E-state index contributed by atoms with van der Waals surface area (Å²) in [4.78, 5) is 43.4. The van der Waals surface area contributed by atoms with Gasteiger partial charge in [0.05, 0.1) is 13.1 Å². The summed E-state index contributed by atoms with van der Waals surface area (Å²) in [7, 11) is 1.71. The molecule has 2 heterocycles. The minimum Gasteiger partial charge on any atom is -0.333 e. The number of hydrogen-bond donors (Lipinski definition) is 1. The number of hydrogen-bond acceptors (Lipinski definition) is 5. The Labute approximate surface area is 215 Å². The molecule has 4 amide bonds. The summed E-state index contributed by atoms with van der Waals surface area (Å²) in [6, 6.07) is 13.1. The van der Waals surface area contributed by atoms with Crippen molar-refractivity contribution < 1.29 is 18.8 Å². The van der Waals surface area contributed by atoms with Gasteiger partial charge < -0.3 is 15.1 Å². The first-order valence-electron chi connectivity index (χ1n) is 12.0. The van der Waals surface area contributed by atoms with Crippen LogP contribution in [0.25, 0.3) is 0 Å². The molecule has 2 aromatic carbocycles. The summed E-state index contributed by atoms with van der Waals surface area (Å²) in [5, 5.41) is 6.12. The molecule has 1 N–H and O–H groups in total. The maximum Gasteiger partial charge on any atom is 0.334 e. The molecule has 0 unspecified atom stereocenters. The maximum atomic E-state index is 13.7. The first kappa shape index (κ1) is 26.0. The number of carbonyl (C=O) groups excluding carboxylic acids is 3. The summed E-state index contributed by atoms with van der Waals surface area (Å²) in [5.41, 5.74) is 2.54. The van der Waals surface area contributed by atoms with Crippen LogP contribution in [0, 0.1) is 12.7 Å². The minimum absolute atomic E-state index is 0.00930. The van der Waals surface area contributed by atoms with Crippen molar-refractivity contribution in [2.75, 3.05) is 32.1 Å². The zero-order valence-corrected chi connectivity index (χ0v) is 21.6. The number of benzene rings is 2. The lowest BCUT2D eigenvalue weighted by molar-refractivity contribution is -0.187. The Hall–Kier alpha value is -3.11. The van der Waals surface area contributed by atoms with E-state index < -0.39 is 12.2 Å². The summed E-state index contributed by atoms with van der Waals surface area (Å²) in [6.45, 7) is 2.61. The van der Waals surface area contributed by atoms with Gasteiger partial charge >= 0.3 is 6.03 Å². The van der Waals surface area contributed by atoms with Crippen LogP contribution in [0.2, 0.25) is 0 Å². The number of urea groups is 1. The normalized spacial score (nSPS) is 20.5. The third kappa shape index (κ3) is 5.49. The van der Waals surface area contributed by atoms with E-state index in [1.807, 2.05) is 43.5 Å². The Morgan fingerprint density at radius 1 is 1.17 bits per heavy atom. The predicted molar refractivity (Wildman–Crippen MR) is 137 cm³/mol. The van der Waals surface area contributed by atoms with E-state index in [0.717, 1.165) is 16.7 Å². The van der Waals surface area contributed by atoms with E-state index in [0.29, 0.717) is 18.7 Å². The molecule has 0 radical (unpaired) electrons. The molecule has 2 aromatic rings. The fourth-order valence-corrected chi connectivity index (χ4v) is 5.31. The molecular weight excluding hydrogens is 481 g/mol. The summed E-state index contributed by atoms with van der Waals surface area (Å²) < 4.78 is 13.7. The molecule has 192 valence electrons. The van der Waals surface area contributed by atoms with Gasteiger partial charge in [-0.1, -0.05) is 36.4 Å². The minimum atomic E-state index is -0.664. The van der Waals surface area contributed by atoms with Crippen LogP contribution in [-0.2, 0) is 22.7 Å². The zero-order chi connectivity index (χ0) is 25.8. The standard InChI is InChI=1S/C26H32FN5O3S/c1-18-13-21(27)10-9-20(18)15-30-16-23-31(22(25(30)34)11-12-36-3)24(33)17-29(2)32(23)26(35)28-14-19-7-5-4-6-8-19/h4-10,13,22-23H,11-12,14-17H2,1-3H3,(H,28,35)/t22-,23-/m0/s1. The highest BCUT2D eigenvalue weighted by Crippen LogP contribution is 2.29. The van der Waals surface area contributed by atoms with Crippen molar-refractivity contribution in [2.45, 2.75) is 38.6 Å². The van der Waals surface area contributed by atoms with Gasteiger partial charge in [0.2, 0.25) is 11.8 Å². The van der Waals surface area contributed by atoms with Crippen LogP contribution in [0.4, 0.5) is 9.18 Å². The third-order valence-corrected chi connectivity index (χ3v) is 7.34. The Bertz CT molecular complexity index is 1120. The average Bonchev–Trinajstić information content (AvgIpc) is 2.85. The van der Waals surface area contributed by atoms with E-state index in [2.05, 4.69) is 5.32 Å². The predicted octanol–water partition coefficient (Wildman–Crippen LogP) is 2.82. The van der Waals surface area contributed by atoms with Crippen LogP contribution in [-0.4, -0.2) is 82.0 Å². The SMILES string of the molecule is CSCC[C@H]1C(=O)N(Cc2ccc(F)cc2C)C[C@H]2N1C(=O)CN(C)N2C(=O)NCc1ccccc1. The van der Waals surface area contributed by atoms with E-state index in [4.69, 9.17) is 0 Å². The Balaban J connectivity index is 1.61. The molecule has 2 atom stereocenters. The number of fused-ring (bicyclic) bond motifs is 1. The van der Waals surface area contributed by atoms with E-state index in [-0.39, 0.29) is 43.3 Å². The second kappa shape index (κ2) is 11.3. The molecule has 0 bridgehead atoms. The molecule has 0 aliphatic carbocycles. The van der Waals surface area contributed by atoms with Crippen molar-refractivity contribution in [3.8, 4) is 0 Å². The van der Waals surface area contributed by atoms with Gasteiger partial charge in [-0.3, -0.25) is 9.59 Å². The smallest absolute Gasteiger partial charge is 0.333 e. The van der Waals surface area contributed by atoms with Gasteiger partial charge in [-0.05, 0) is 54.2 Å². The quantitative estimate of drug-likeness (QED) is 0.616. The van der Waals surface area contributed by atoms with Crippen molar-refractivity contribution in [1.82, 2.24) is 25.1 Å². The number of nitrogens with one attached hydrogen (secondary N) is 1. The van der Waals surface area contributed by atoms with E-state index >= 15 is 0 Å². The van der Waals surface area contributed by atoms with Gasteiger partial charge in [0.1, 0.15) is 18.0 Å². The molecule has 0 aromatic heterocycles. The lowest BCUT2D eigenvalue weighted by atomic mass is 10.0. The molecular formula is C26H32FN5O3S. The fourth-order valence-electron chi connectivity index (χ4n) is 4.85. The second-order valence-corrected chi connectivity index (χ2v) is 10.2. The summed E-state index contributed by atoms with van der Waals surface area (Å²) in [6.07, 6.45) is 1.81. The molecule has 2 aliphatic heterocycles. The van der Waals surface area contributed by atoms with Crippen LogP contribution >= 0.6 is 11.8 Å². The van der Waals surface area contributed by atoms with Crippen molar-refractivity contribution in [3.63, 3.8) is 0 Å². The monoisotopic (exact) mass is 513 g/mol. The summed E-state index contributed by atoms with van der Waals surface area (Å²) in [5.74, 6) is 0.0519. The van der Waals surface area contributed by atoms with Gasteiger partial charge in [-0.25, -0.2) is 19.2 Å². The number of piperazine rings is 1. The lowest BCUT2D eigenvalue weighted by Gasteiger charge is -2.54. The number of halogens is 1. The van der Waals surface area contributed by atoms with E-state index in [1.165, 1.54) is 12.1 Å². The number of carbonyl (C=O) groups is 3. The maximum absolute atomic E-state index is 13.7. The highest BCUT2D eigenvalue weighted by molar-refractivity contribution is 7.98. The van der Waals surface area contributed by atoms with E-state index in [9.17, 15) is 18.8 Å². The number of amides is 4. The number of rotatable bonds is 7. The summed E-state index contributed by atoms with van der Waals surface area (Å²) >= 11 is 1.61. The van der Waals surface area contributed by atoms with Crippen molar-refractivity contribution in [1.29, 1.82) is 0 Å². The first-order chi connectivity index (χ1) is 17.3. The molecule has 0 saturated carbocycles. The van der Waals surface area contributed by atoms with Crippen LogP contribution < -0.4 is 5.32 Å². The van der Waals surface area contributed by atoms with Gasteiger partial charge in [-0.15, -0.1) is 0 Å². The highest BCUT2D eigenvalue weighted by atomic mass is 32.2. The molecule has 8 nitrogen and oxygen atoms in total. The van der Waals surface area contributed by atoms with Crippen LogP contribution in [0.1, 0.15) is 23.1 Å². The first-order valence-corrected chi connectivity index (χ1v) is 13.4. The molecule has 2 saturated heterocycles. The van der Waals surface area contributed by atoms with Crippen molar-refractivity contribution in [3.05, 3.63) is 71.0 Å². The van der Waals surface area contributed by atoms with Crippen molar-refractivity contribution >= 4 is 29.6 Å². The van der Waals surface area contributed by atoms with Crippen LogP contribution in [0.5, 0.6) is 0 Å². The number of likely N-dealkylation sites (N-methyl/N-ethyl adjacent to an activating group) is 1. The number of hydrazine groups is 1. The molecule has 0 spiro atoms. The largest absolute Gasteiger partial charge is 0.334 e. The fraction of sp³-hybridized carbons (Fsp3) is 0.423. The van der Waals surface area contributed by atoms with Crippen LogP contribution in [0.3, 0.4) is 0 Å². The highest BCUT2D eigenvalue weighted by Gasteiger charge is 2.50. The van der Waals surface area contributed by atoms with Gasteiger partial charge in [-0.2, -0.15) is 11.8 Å². The third-order valence-electron chi connectivity index (χ3n) is 6.70. The van der Waals surface area contributed by atoms with Crippen molar-refractivity contribution in [2.24, 2.45) is 0 Å². The zero-order valence-electron chi connectivity index (χ0n) is 20.8. The average molecular weight is 514 g/mol. The van der Waals surface area contributed by atoms with E-state index in [1.54, 1.807) is 44.7 Å². The molecule has 2 fully saturated rings. The van der Waals surface area contributed by atoms with Gasteiger partial charge in [0, 0.05) is 20.1 Å². The second-order valence-electron chi connectivity index (χ2n) is 9.17. The molecule has 2 aliphatic rings. The number of aryl methyl sites for hydroxylation is 1. The Morgan fingerprint density at radius 2 is 1.92 bits per heavy atom. The Morgan fingerprint density at radius 3 is 2.61 bits per heavy atom. The van der Waals surface area contributed by atoms with Gasteiger partial charge in [0.15, 0.2) is 0 Å². The number of nitrogens with zero attached hydrogens (tertiary/aromatic N) is 4. The Kier molecular flexibility index (Phi) is 8.15. The topological polar surface area (TPSA) is 76.2 Å². The number of thioether (sulfide) groups is 1. The van der Waals surface area contributed by atoms with Gasteiger partial charge in [0.25, 0.3) is 0 Å². The molecule has 4 rings (SSSR count). The lowest BCUT2D eigenvalue weighted by Crippen LogP contribution is -2.75. The molecule has 10 heteroatoms.